The SMILES string of the molecule is O=C(/C=C/c1ccccc1)O[C@@H]1[C@H]2OC(=O)C[C@H]2O[C@@H]1[C@H](OC(=O)/C=C/c1ccccc1)c1cccs1. The number of rotatable bonds is 8. The highest BCUT2D eigenvalue weighted by Gasteiger charge is 2.57. The molecule has 2 saturated heterocycles. The van der Waals surface area contributed by atoms with Crippen LogP contribution >= 0.6 is 11.3 Å². The van der Waals surface area contributed by atoms with Gasteiger partial charge < -0.3 is 18.9 Å². The molecule has 0 aliphatic carbocycles. The quantitative estimate of drug-likeness (QED) is 0.242. The van der Waals surface area contributed by atoms with Gasteiger partial charge in [-0.05, 0) is 34.7 Å². The zero-order chi connectivity index (χ0) is 25.6. The molecule has 0 unspecified atom stereocenters. The molecule has 5 atom stereocenters. The lowest BCUT2D eigenvalue weighted by Crippen LogP contribution is -2.40. The third-order valence-electron chi connectivity index (χ3n) is 6.02. The Balaban J connectivity index is 1.36. The second-order valence-electron chi connectivity index (χ2n) is 8.56. The molecule has 2 aliphatic heterocycles. The van der Waals surface area contributed by atoms with E-state index in [4.69, 9.17) is 18.9 Å². The molecule has 0 saturated carbocycles. The van der Waals surface area contributed by atoms with E-state index in [1.807, 2.05) is 78.2 Å². The van der Waals surface area contributed by atoms with Crippen molar-refractivity contribution >= 4 is 41.4 Å². The Labute approximate surface area is 217 Å². The van der Waals surface area contributed by atoms with Crippen molar-refractivity contribution in [3.05, 3.63) is 106 Å². The van der Waals surface area contributed by atoms with Crippen LogP contribution in [0.3, 0.4) is 0 Å². The first-order valence-corrected chi connectivity index (χ1v) is 12.7. The Morgan fingerprint density at radius 2 is 1.54 bits per heavy atom. The highest BCUT2D eigenvalue weighted by Crippen LogP contribution is 2.41. The van der Waals surface area contributed by atoms with E-state index in [9.17, 15) is 14.4 Å². The van der Waals surface area contributed by atoms with Gasteiger partial charge in [0.05, 0.1) is 6.42 Å². The molecule has 8 heteroatoms. The maximum absolute atomic E-state index is 12.8. The normalized spacial score (nSPS) is 23.6. The third kappa shape index (κ3) is 6.04. The summed E-state index contributed by atoms with van der Waals surface area (Å²) in [5.74, 6) is -1.62. The molecule has 0 amide bonds. The largest absolute Gasteiger partial charge is 0.455 e. The number of ether oxygens (including phenoxy) is 4. The molecular formula is C29H24O7S. The van der Waals surface area contributed by atoms with Crippen molar-refractivity contribution in [1.29, 1.82) is 0 Å². The standard InChI is InChI=1S/C29H24O7S/c30-23(15-13-19-8-3-1-4-9-19)34-27(22-12-7-17-37-22)29-28(26-21(33-29)18-25(32)36-26)35-24(31)16-14-20-10-5-2-6-11-20/h1-17,21,26-29H,18H2/b15-13+,16-14+/t21-,26+,27-,28-,29-/m1/s1. The number of benzene rings is 2. The summed E-state index contributed by atoms with van der Waals surface area (Å²) in [4.78, 5) is 38.2. The second kappa shape index (κ2) is 11.4. The van der Waals surface area contributed by atoms with Gasteiger partial charge >= 0.3 is 17.9 Å². The summed E-state index contributed by atoms with van der Waals surface area (Å²) in [7, 11) is 0. The van der Waals surface area contributed by atoms with E-state index in [-0.39, 0.29) is 6.42 Å². The van der Waals surface area contributed by atoms with Crippen LogP contribution in [-0.2, 0) is 33.3 Å². The molecule has 2 aromatic carbocycles. The summed E-state index contributed by atoms with van der Waals surface area (Å²) < 4.78 is 23.2. The van der Waals surface area contributed by atoms with Gasteiger partial charge in [-0.1, -0.05) is 66.7 Å². The lowest BCUT2D eigenvalue weighted by atomic mass is 10.0. The Hall–Kier alpha value is -4.01. The molecule has 2 aliphatic rings. The molecule has 0 spiro atoms. The van der Waals surface area contributed by atoms with Crippen molar-refractivity contribution < 1.29 is 33.3 Å². The van der Waals surface area contributed by atoms with E-state index >= 15 is 0 Å². The van der Waals surface area contributed by atoms with Crippen molar-refractivity contribution in [2.24, 2.45) is 0 Å². The van der Waals surface area contributed by atoms with Crippen molar-refractivity contribution in [3.63, 3.8) is 0 Å². The van der Waals surface area contributed by atoms with Crippen LogP contribution in [0.1, 0.15) is 28.5 Å². The van der Waals surface area contributed by atoms with E-state index in [0.29, 0.717) is 0 Å². The molecule has 3 aromatic rings. The first kappa shape index (κ1) is 24.7. The van der Waals surface area contributed by atoms with Crippen molar-refractivity contribution in [2.45, 2.75) is 36.9 Å². The predicted molar refractivity (Wildman–Crippen MR) is 137 cm³/mol. The average Bonchev–Trinajstić information content (AvgIpc) is 3.64. The van der Waals surface area contributed by atoms with Crippen molar-refractivity contribution in [3.8, 4) is 0 Å². The molecule has 37 heavy (non-hydrogen) atoms. The van der Waals surface area contributed by atoms with Crippen molar-refractivity contribution in [2.75, 3.05) is 0 Å². The van der Waals surface area contributed by atoms with Gasteiger partial charge in [-0.15, -0.1) is 11.3 Å². The van der Waals surface area contributed by atoms with Gasteiger partial charge in [-0.25, -0.2) is 9.59 Å². The summed E-state index contributed by atoms with van der Waals surface area (Å²) in [5.41, 5.74) is 1.68. The fourth-order valence-corrected chi connectivity index (χ4v) is 5.13. The van der Waals surface area contributed by atoms with Gasteiger partial charge in [-0.3, -0.25) is 4.79 Å². The third-order valence-corrected chi connectivity index (χ3v) is 6.96. The molecule has 0 bridgehead atoms. The molecule has 5 rings (SSSR count). The number of thiophene rings is 1. The molecule has 188 valence electrons. The minimum Gasteiger partial charge on any atom is -0.455 e. The minimum absolute atomic E-state index is 0.0358. The fraction of sp³-hybridized carbons (Fsp3) is 0.207. The van der Waals surface area contributed by atoms with Gasteiger partial charge in [0, 0.05) is 17.0 Å². The Morgan fingerprint density at radius 3 is 2.16 bits per heavy atom. The van der Waals surface area contributed by atoms with E-state index in [1.165, 1.54) is 23.5 Å². The fourth-order valence-electron chi connectivity index (χ4n) is 4.34. The Morgan fingerprint density at radius 1 is 0.892 bits per heavy atom. The van der Waals surface area contributed by atoms with E-state index in [2.05, 4.69) is 0 Å². The van der Waals surface area contributed by atoms with Crippen LogP contribution in [0.15, 0.2) is 90.3 Å². The van der Waals surface area contributed by atoms with Crippen LogP contribution in [-0.4, -0.2) is 42.3 Å². The maximum Gasteiger partial charge on any atom is 0.331 e. The summed E-state index contributed by atoms with van der Waals surface area (Å²) in [6, 6.07) is 22.3. The Kier molecular flexibility index (Phi) is 7.58. The minimum atomic E-state index is -0.956. The summed E-state index contributed by atoms with van der Waals surface area (Å²) in [6.45, 7) is 0. The average molecular weight is 517 g/mol. The number of hydrogen-bond acceptors (Lipinski definition) is 8. The van der Waals surface area contributed by atoms with Crippen LogP contribution in [0.4, 0.5) is 0 Å². The van der Waals surface area contributed by atoms with Crippen LogP contribution in [0.2, 0.25) is 0 Å². The summed E-state index contributed by atoms with van der Waals surface area (Å²) in [6.07, 6.45) is 1.92. The molecular weight excluding hydrogens is 492 g/mol. The molecule has 2 fully saturated rings. The van der Waals surface area contributed by atoms with Gasteiger partial charge in [0.15, 0.2) is 18.3 Å². The summed E-state index contributed by atoms with van der Waals surface area (Å²) in [5, 5.41) is 1.86. The smallest absolute Gasteiger partial charge is 0.331 e. The predicted octanol–water partition coefficient (Wildman–Crippen LogP) is 4.75. The molecule has 7 nitrogen and oxygen atoms in total. The lowest BCUT2D eigenvalue weighted by Gasteiger charge is -2.27. The van der Waals surface area contributed by atoms with Crippen molar-refractivity contribution in [1.82, 2.24) is 0 Å². The molecule has 3 heterocycles. The Bertz CT molecular complexity index is 1280. The molecule has 0 radical (unpaired) electrons. The van der Waals surface area contributed by atoms with E-state index in [0.717, 1.165) is 16.0 Å². The molecule has 1 aromatic heterocycles. The van der Waals surface area contributed by atoms with Gasteiger partial charge in [0.2, 0.25) is 0 Å². The van der Waals surface area contributed by atoms with E-state index in [1.54, 1.807) is 12.2 Å². The number of esters is 3. The second-order valence-corrected chi connectivity index (χ2v) is 9.54. The van der Waals surface area contributed by atoms with E-state index < -0.39 is 48.4 Å². The van der Waals surface area contributed by atoms with Crippen LogP contribution in [0, 0.1) is 0 Å². The number of carbonyl (C=O) groups is 3. The van der Waals surface area contributed by atoms with Gasteiger partial charge in [0.1, 0.15) is 12.2 Å². The first-order chi connectivity index (χ1) is 18.1. The highest BCUT2D eigenvalue weighted by molar-refractivity contribution is 7.10. The highest BCUT2D eigenvalue weighted by atomic mass is 32.1. The monoisotopic (exact) mass is 516 g/mol. The zero-order valence-electron chi connectivity index (χ0n) is 19.7. The topological polar surface area (TPSA) is 88.1 Å². The molecule has 0 N–H and O–H groups in total. The van der Waals surface area contributed by atoms with Gasteiger partial charge in [0.25, 0.3) is 0 Å². The first-order valence-electron chi connectivity index (χ1n) is 11.8. The van der Waals surface area contributed by atoms with Crippen LogP contribution < -0.4 is 0 Å². The maximum atomic E-state index is 12.8. The van der Waals surface area contributed by atoms with Gasteiger partial charge in [-0.2, -0.15) is 0 Å². The summed E-state index contributed by atoms with van der Waals surface area (Å²) >= 11 is 1.39. The van der Waals surface area contributed by atoms with Crippen LogP contribution in [0.5, 0.6) is 0 Å². The zero-order valence-corrected chi connectivity index (χ0v) is 20.5. The number of carbonyl (C=O) groups excluding carboxylic acids is 3. The number of hydrogen-bond donors (Lipinski definition) is 0. The number of fused-ring (bicyclic) bond motifs is 1. The van der Waals surface area contributed by atoms with Crippen LogP contribution in [0.25, 0.3) is 12.2 Å². The lowest BCUT2D eigenvalue weighted by molar-refractivity contribution is -0.169.